The van der Waals surface area contributed by atoms with Crippen molar-refractivity contribution in [3.63, 3.8) is 0 Å². The second kappa shape index (κ2) is 10.3. The molecule has 5 aliphatic rings. The van der Waals surface area contributed by atoms with E-state index >= 15 is 0 Å². The first-order chi connectivity index (χ1) is 19.9. The van der Waals surface area contributed by atoms with E-state index < -0.39 is 70.1 Å². The van der Waals surface area contributed by atoms with Crippen LogP contribution in [0.5, 0.6) is 0 Å². The summed E-state index contributed by atoms with van der Waals surface area (Å²) in [6, 6.07) is 0. The molecule has 0 amide bonds. The summed E-state index contributed by atoms with van der Waals surface area (Å²) < 4.78 is 23.6. The predicted octanol–water partition coefficient (Wildman–Crippen LogP) is 4.60. The molecule has 3 aliphatic carbocycles. The number of cyclic esters (lactones) is 2. The van der Waals surface area contributed by atoms with Crippen LogP contribution in [0.4, 0.5) is 0 Å². The molecule has 8 atom stereocenters. The van der Waals surface area contributed by atoms with Gasteiger partial charge in [0.2, 0.25) is 0 Å². The fourth-order valence-corrected chi connectivity index (χ4v) is 8.50. The van der Waals surface area contributed by atoms with Crippen molar-refractivity contribution in [2.24, 2.45) is 22.7 Å². The zero-order valence-corrected chi connectivity index (χ0v) is 26.2. The minimum Gasteiger partial charge on any atom is -0.462 e. The van der Waals surface area contributed by atoms with Gasteiger partial charge in [0.15, 0.2) is 0 Å². The van der Waals surface area contributed by atoms with Crippen LogP contribution in [0.15, 0.2) is 58.7 Å². The van der Waals surface area contributed by atoms with Crippen molar-refractivity contribution in [3.05, 3.63) is 58.7 Å². The second-order valence-electron chi connectivity index (χ2n) is 13.8. The molecule has 0 unspecified atom stereocenters. The maximum absolute atomic E-state index is 12.6. The van der Waals surface area contributed by atoms with Gasteiger partial charge in [-0.1, -0.05) is 44.2 Å². The summed E-state index contributed by atoms with van der Waals surface area (Å²) >= 11 is 0. The monoisotopic (exact) mass is 594 g/mol. The van der Waals surface area contributed by atoms with Crippen molar-refractivity contribution in [3.8, 4) is 0 Å². The molecule has 1 fully saturated rings. The molecule has 9 heteroatoms. The molecule has 5 rings (SSSR count). The standard InChI is InChI=1S/C34H42O9/c1-18-9-13-26(42-30(18)38)34(8,39)29-25(40-19(2)35)17-32(6)24-12-11-23-21(10-14-28(37)43-31(23,4)5)15-22(24)16-27(33(29,32)7)41-20(3)36/h9-12,14-15,23,25-27,29,39H,13,16-17H2,1-8H3/t23-,25-,26+,27+,29+,32+,33-,34+/m1/s1. The number of esters is 4. The van der Waals surface area contributed by atoms with Crippen LogP contribution in [0, 0.1) is 22.7 Å². The Morgan fingerprint density at radius 2 is 1.72 bits per heavy atom. The fraction of sp³-hybridized carbons (Fsp3) is 0.588. The summed E-state index contributed by atoms with van der Waals surface area (Å²) in [7, 11) is 0. The SMILES string of the molecule is CC(=O)O[C@H]1CC2=C(C=C[C@@H]3C(=C2)C=CC(=O)OC3(C)C)[C@]2(C)C[C@@H](OC(C)=O)[C@H]([C@@](C)(O)[C@@H]3CC=C(C)C(=O)O3)[C@@]12C. The molecule has 0 bridgehead atoms. The van der Waals surface area contributed by atoms with Crippen molar-refractivity contribution in [1.82, 2.24) is 0 Å². The summed E-state index contributed by atoms with van der Waals surface area (Å²) in [6.45, 7) is 13.8. The highest BCUT2D eigenvalue weighted by atomic mass is 16.6. The lowest BCUT2D eigenvalue weighted by atomic mass is 9.51. The zero-order valence-electron chi connectivity index (χ0n) is 26.2. The van der Waals surface area contributed by atoms with E-state index in [1.165, 1.54) is 19.9 Å². The van der Waals surface area contributed by atoms with Crippen molar-refractivity contribution in [2.75, 3.05) is 0 Å². The summed E-state index contributed by atoms with van der Waals surface area (Å²) in [4.78, 5) is 50.0. The van der Waals surface area contributed by atoms with Crippen LogP contribution in [0.3, 0.4) is 0 Å². The summed E-state index contributed by atoms with van der Waals surface area (Å²) in [5.74, 6) is -2.92. The van der Waals surface area contributed by atoms with Gasteiger partial charge < -0.3 is 24.1 Å². The Labute approximate surface area is 252 Å². The molecule has 232 valence electrons. The van der Waals surface area contributed by atoms with Crippen molar-refractivity contribution in [2.45, 2.75) is 104 Å². The van der Waals surface area contributed by atoms with Crippen LogP contribution in [-0.4, -0.2) is 58.5 Å². The number of carbonyl (C=O) groups is 4. The molecule has 0 aromatic rings. The van der Waals surface area contributed by atoms with Gasteiger partial charge in [0.05, 0.1) is 0 Å². The van der Waals surface area contributed by atoms with Gasteiger partial charge >= 0.3 is 23.9 Å². The smallest absolute Gasteiger partial charge is 0.333 e. The molecule has 1 saturated carbocycles. The van der Waals surface area contributed by atoms with Gasteiger partial charge in [-0.15, -0.1) is 0 Å². The lowest BCUT2D eigenvalue weighted by molar-refractivity contribution is -0.209. The molecule has 0 saturated heterocycles. The lowest BCUT2D eigenvalue weighted by Crippen LogP contribution is -2.62. The van der Waals surface area contributed by atoms with Gasteiger partial charge in [0.25, 0.3) is 0 Å². The van der Waals surface area contributed by atoms with Crippen LogP contribution in [0.1, 0.15) is 74.7 Å². The Bertz CT molecular complexity index is 1420. The Kier molecular flexibility index (Phi) is 7.44. The summed E-state index contributed by atoms with van der Waals surface area (Å²) in [5, 5.41) is 12.4. The Morgan fingerprint density at radius 3 is 2.35 bits per heavy atom. The quantitative estimate of drug-likeness (QED) is 0.367. The van der Waals surface area contributed by atoms with Gasteiger partial charge in [-0.2, -0.15) is 0 Å². The molecule has 2 aliphatic heterocycles. The molecule has 0 aromatic carbocycles. The van der Waals surface area contributed by atoms with Gasteiger partial charge in [-0.05, 0) is 50.8 Å². The topological polar surface area (TPSA) is 125 Å². The van der Waals surface area contributed by atoms with Crippen LogP contribution in [0.2, 0.25) is 0 Å². The second-order valence-corrected chi connectivity index (χ2v) is 13.8. The maximum atomic E-state index is 12.6. The largest absolute Gasteiger partial charge is 0.462 e. The third-order valence-corrected chi connectivity index (χ3v) is 10.6. The zero-order chi connectivity index (χ0) is 31.7. The highest BCUT2D eigenvalue weighted by Crippen LogP contribution is 2.69. The van der Waals surface area contributed by atoms with Crippen molar-refractivity contribution >= 4 is 23.9 Å². The number of ether oxygens (including phenoxy) is 4. The molecule has 0 aromatic heterocycles. The average molecular weight is 595 g/mol. The van der Waals surface area contributed by atoms with Crippen LogP contribution >= 0.6 is 0 Å². The minimum absolute atomic E-state index is 0.246. The first-order valence-electron chi connectivity index (χ1n) is 14.9. The molecule has 2 heterocycles. The van der Waals surface area contributed by atoms with Crippen LogP contribution in [-0.2, 0) is 38.1 Å². The molecular weight excluding hydrogens is 552 g/mol. The normalized spacial score (nSPS) is 37.7. The highest BCUT2D eigenvalue weighted by molar-refractivity contribution is 5.88. The minimum atomic E-state index is -1.66. The van der Waals surface area contributed by atoms with E-state index in [4.69, 9.17) is 18.9 Å². The van der Waals surface area contributed by atoms with Gasteiger partial charge in [-0.3, -0.25) is 9.59 Å². The maximum Gasteiger partial charge on any atom is 0.333 e. The Morgan fingerprint density at radius 1 is 1.05 bits per heavy atom. The van der Waals surface area contributed by atoms with Crippen molar-refractivity contribution in [1.29, 1.82) is 0 Å². The number of rotatable bonds is 4. The number of hydrogen-bond acceptors (Lipinski definition) is 9. The number of allylic oxidation sites excluding steroid dienone is 4. The van der Waals surface area contributed by atoms with E-state index in [9.17, 15) is 24.3 Å². The Hall–Kier alpha value is -3.46. The van der Waals surface area contributed by atoms with Gasteiger partial charge in [-0.25, -0.2) is 9.59 Å². The van der Waals surface area contributed by atoms with E-state index in [1.807, 2.05) is 32.9 Å². The van der Waals surface area contributed by atoms with E-state index in [0.717, 1.165) is 16.7 Å². The van der Waals surface area contributed by atoms with Gasteiger partial charge in [0.1, 0.15) is 29.5 Å². The van der Waals surface area contributed by atoms with E-state index in [1.54, 1.807) is 26.0 Å². The van der Waals surface area contributed by atoms with E-state index in [2.05, 4.69) is 13.0 Å². The first kappa shape index (κ1) is 31.0. The van der Waals surface area contributed by atoms with E-state index in [0.29, 0.717) is 24.8 Å². The predicted molar refractivity (Wildman–Crippen MR) is 156 cm³/mol. The molecule has 0 spiro atoms. The highest BCUT2D eigenvalue weighted by Gasteiger charge is 2.72. The number of fused-ring (bicyclic) bond motifs is 3. The molecule has 0 radical (unpaired) electrons. The summed E-state index contributed by atoms with van der Waals surface area (Å²) in [5.41, 5.74) is -0.949. The summed E-state index contributed by atoms with van der Waals surface area (Å²) in [6.07, 6.45) is 9.64. The fourth-order valence-electron chi connectivity index (χ4n) is 8.50. The van der Waals surface area contributed by atoms with Crippen molar-refractivity contribution < 1.29 is 43.2 Å². The third kappa shape index (κ3) is 4.89. The van der Waals surface area contributed by atoms with Gasteiger partial charge in [0, 0.05) is 61.0 Å². The number of hydrogen-bond donors (Lipinski definition) is 1. The van der Waals surface area contributed by atoms with Crippen LogP contribution < -0.4 is 0 Å². The molecule has 9 nitrogen and oxygen atoms in total. The number of carbonyl (C=O) groups excluding carboxylic acids is 4. The molecular formula is C34H42O9. The molecule has 43 heavy (non-hydrogen) atoms. The lowest BCUT2D eigenvalue weighted by Gasteiger charge is -2.56. The number of aliphatic hydroxyl groups is 1. The molecule has 1 N–H and O–H groups in total. The average Bonchev–Trinajstić information content (AvgIpc) is 2.97. The van der Waals surface area contributed by atoms with Crippen LogP contribution in [0.25, 0.3) is 0 Å². The first-order valence-corrected chi connectivity index (χ1v) is 14.9. The van der Waals surface area contributed by atoms with E-state index in [-0.39, 0.29) is 5.92 Å². The third-order valence-electron chi connectivity index (χ3n) is 10.6. The Balaban J connectivity index is 1.71.